The monoisotopic (exact) mass is 382 g/mol. The van der Waals surface area contributed by atoms with Gasteiger partial charge >= 0.3 is 0 Å². The van der Waals surface area contributed by atoms with Crippen molar-refractivity contribution in [2.24, 2.45) is 0 Å². The van der Waals surface area contributed by atoms with E-state index in [4.69, 9.17) is 0 Å². The maximum Gasteiger partial charge on any atom is 0.248 e. The Kier molecular flexibility index (Phi) is 5.25. The molecule has 4 aromatic rings. The highest BCUT2D eigenvalue weighted by molar-refractivity contribution is 5.95. The Balaban J connectivity index is 1.47. The Bertz CT molecular complexity index is 1210. The van der Waals surface area contributed by atoms with Crippen LogP contribution in [0.1, 0.15) is 18.1 Å². The van der Waals surface area contributed by atoms with Gasteiger partial charge in [0.1, 0.15) is 0 Å². The molecule has 0 saturated carbocycles. The van der Waals surface area contributed by atoms with Crippen LogP contribution < -0.4 is 10.9 Å². The Hall–Kier alpha value is -3.66. The zero-order valence-corrected chi connectivity index (χ0v) is 16.2. The SMILES string of the molecule is CCc1cc(=O)[nH]c2cc(NC(=O)Cc3ccc(-c4ccccc4)cc3)ccc12. The standard InChI is InChI=1S/C25H22N2O2/c1-2-18-15-25(29)27-23-16-21(12-13-22(18)23)26-24(28)14-17-8-10-20(11-9-17)19-6-4-3-5-7-19/h3-13,15-16H,2,14H2,1H3,(H,26,28)(H,27,29). The van der Waals surface area contributed by atoms with Gasteiger partial charge in [0.2, 0.25) is 11.5 Å². The Morgan fingerprint density at radius 2 is 1.62 bits per heavy atom. The van der Waals surface area contributed by atoms with Crippen LogP contribution >= 0.6 is 0 Å². The van der Waals surface area contributed by atoms with Crippen molar-refractivity contribution in [1.82, 2.24) is 4.98 Å². The van der Waals surface area contributed by atoms with Crippen LogP contribution in [0.15, 0.2) is 83.7 Å². The molecule has 0 aliphatic rings. The van der Waals surface area contributed by atoms with Crippen molar-refractivity contribution in [3.8, 4) is 11.1 Å². The highest BCUT2D eigenvalue weighted by Crippen LogP contribution is 2.21. The minimum absolute atomic E-state index is 0.0918. The van der Waals surface area contributed by atoms with Gasteiger partial charge in [0, 0.05) is 17.1 Å². The summed E-state index contributed by atoms with van der Waals surface area (Å²) in [6.45, 7) is 2.02. The first-order valence-corrected chi connectivity index (χ1v) is 9.72. The van der Waals surface area contributed by atoms with Crippen molar-refractivity contribution in [3.05, 3.63) is 100 Å². The lowest BCUT2D eigenvalue weighted by atomic mass is 10.0. The van der Waals surface area contributed by atoms with Crippen LogP contribution in [0, 0.1) is 0 Å². The van der Waals surface area contributed by atoms with Crippen molar-refractivity contribution >= 4 is 22.5 Å². The fourth-order valence-electron chi connectivity index (χ4n) is 3.54. The maximum absolute atomic E-state index is 12.5. The predicted octanol–water partition coefficient (Wildman–Crippen LogP) is 4.94. The van der Waals surface area contributed by atoms with Gasteiger partial charge < -0.3 is 10.3 Å². The van der Waals surface area contributed by atoms with Gasteiger partial charge in [-0.3, -0.25) is 9.59 Å². The van der Waals surface area contributed by atoms with Crippen LogP contribution in [-0.4, -0.2) is 10.9 Å². The summed E-state index contributed by atoms with van der Waals surface area (Å²) in [7, 11) is 0. The van der Waals surface area contributed by atoms with Crippen molar-refractivity contribution in [1.29, 1.82) is 0 Å². The number of pyridine rings is 1. The summed E-state index contributed by atoms with van der Waals surface area (Å²) in [4.78, 5) is 27.1. The van der Waals surface area contributed by atoms with Gasteiger partial charge in [-0.05, 0) is 40.8 Å². The van der Waals surface area contributed by atoms with Gasteiger partial charge in [0.05, 0.1) is 11.9 Å². The molecule has 4 nitrogen and oxygen atoms in total. The minimum Gasteiger partial charge on any atom is -0.326 e. The predicted molar refractivity (Wildman–Crippen MR) is 118 cm³/mol. The first-order chi connectivity index (χ1) is 14.1. The number of aromatic amines is 1. The fraction of sp³-hybridized carbons (Fsp3) is 0.120. The largest absolute Gasteiger partial charge is 0.326 e. The first-order valence-electron chi connectivity index (χ1n) is 9.72. The number of hydrogen-bond donors (Lipinski definition) is 2. The molecule has 0 atom stereocenters. The van der Waals surface area contributed by atoms with E-state index in [0.717, 1.165) is 39.6 Å². The topological polar surface area (TPSA) is 62.0 Å². The lowest BCUT2D eigenvalue weighted by molar-refractivity contribution is -0.115. The molecule has 0 spiro atoms. The van der Waals surface area contributed by atoms with E-state index in [0.29, 0.717) is 12.1 Å². The number of carbonyl (C=O) groups excluding carboxylic acids is 1. The highest BCUT2D eigenvalue weighted by Gasteiger charge is 2.07. The lowest BCUT2D eigenvalue weighted by Gasteiger charge is -2.09. The smallest absolute Gasteiger partial charge is 0.248 e. The van der Waals surface area contributed by atoms with E-state index in [1.165, 1.54) is 0 Å². The molecule has 0 unspecified atom stereocenters. The van der Waals surface area contributed by atoms with E-state index in [1.807, 2.05) is 67.6 Å². The van der Waals surface area contributed by atoms with E-state index >= 15 is 0 Å². The number of aryl methyl sites for hydroxylation is 1. The van der Waals surface area contributed by atoms with Crippen LogP contribution in [0.5, 0.6) is 0 Å². The number of rotatable bonds is 5. The van der Waals surface area contributed by atoms with E-state index in [-0.39, 0.29) is 11.5 Å². The normalized spacial score (nSPS) is 10.8. The average Bonchev–Trinajstić information content (AvgIpc) is 2.74. The number of anilines is 1. The van der Waals surface area contributed by atoms with Gasteiger partial charge in [-0.15, -0.1) is 0 Å². The molecule has 4 rings (SSSR count). The molecule has 2 N–H and O–H groups in total. The number of nitrogens with one attached hydrogen (secondary N) is 2. The second-order valence-electron chi connectivity index (χ2n) is 7.06. The van der Waals surface area contributed by atoms with Crippen molar-refractivity contribution in [2.45, 2.75) is 19.8 Å². The molecule has 1 aromatic heterocycles. The summed E-state index contributed by atoms with van der Waals surface area (Å²) in [6.07, 6.45) is 1.07. The van der Waals surface area contributed by atoms with Crippen LogP contribution in [-0.2, 0) is 17.6 Å². The fourth-order valence-corrected chi connectivity index (χ4v) is 3.54. The molecule has 144 valence electrons. The molecule has 1 heterocycles. The number of amides is 1. The second-order valence-corrected chi connectivity index (χ2v) is 7.06. The second kappa shape index (κ2) is 8.15. The molecule has 1 amide bonds. The summed E-state index contributed by atoms with van der Waals surface area (Å²) in [5.74, 6) is -0.0918. The lowest BCUT2D eigenvalue weighted by Crippen LogP contribution is -2.14. The first kappa shape index (κ1) is 18.7. The van der Waals surface area contributed by atoms with E-state index < -0.39 is 0 Å². The van der Waals surface area contributed by atoms with Gasteiger partial charge in [0.15, 0.2) is 0 Å². The number of carbonyl (C=O) groups is 1. The summed E-state index contributed by atoms with van der Waals surface area (Å²) < 4.78 is 0. The van der Waals surface area contributed by atoms with Crippen molar-refractivity contribution in [2.75, 3.05) is 5.32 Å². The van der Waals surface area contributed by atoms with Crippen molar-refractivity contribution in [3.63, 3.8) is 0 Å². The van der Waals surface area contributed by atoms with Gasteiger partial charge in [-0.1, -0.05) is 67.6 Å². The molecule has 3 aromatic carbocycles. The molecule has 0 aliphatic heterocycles. The Labute approximate surface area is 169 Å². The zero-order chi connectivity index (χ0) is 20.2. The van der Waals surface area contributed by atoms with Gasteiger partial charge in [0.25, 0.3) is 0 Å². The van der Waals surface area contributed by atoms with Crippen molar-refractivity contribution < 1.29 is 4.79 Å². The average molecular weight is 382 g/mol. The molecule has 0 bridgehead atoms. The third-order valence-electron chi connectivity index (χ3n) is 5.02. The van der Waals surface area contributed by atoms with Crippen LogP contribution in [0.4, 0.5) is 5.69 Å². The third-order valence-corrected chi connectivity index (χ3v) is 5.02. The van der Waals surface area contributed by atoms with Crippen LogP contribution in [0.3, 0.4) is 0 Å². The summed E-state index contributed by atoms with van der Waals surface area (Å²) in [6, 6.07) is 25.4. The molecule has 29 heavy (non-hydrogen) atoms. The third kappa shape index (κ3) is 4.27. The molecule has 0 saturated heterocycles. The van der Waals surface area contributed by atoms with Crippen LogP contribution in [0.25, 0.3) is 22.0 Å². The van der Waals surface area contributed by atoms with Gasteiger partial charge in [-0.2, -0.15) is 0 Å². The Morgan fingerprint density at radius 1 is 0.897 bits per heavy atom. The maximum atomic E-state index is 12.5. The van der Waals surface area contributed by atoms with E-state index in [9.17, 15) is 9.59 Å². The quantitative estimate of drug-likeness (QED) is 0.514. The molecule has 4 heteroatoms. The minimum atomic E-state index is -0.128. The van der Waals surface area contributed by atoms with Crippen LogP contribution in [0.2, 0.25) is 0 Å². The van der Waals surface area contributed by atoms with E-state index in [1.54, 1.807) is 6.07 Å². The number of benzene rings is 3. The number of H-pyrrole nitrogens is 1. The molecular weight excluding hydrogens is 360 g/mol. The molecule has 0 aliphatic carbocycles. The zero-order valence-electron chi connectivity index (χ0n) is 16.2. The number of hydrogen-bond acceptors (Lipinski definition) is 2. The number of aromatic nitrogens is 1. The summed E-state index contributed by atoms with van der Waals surface area (Å²) in [5, 5.41) is 3.93. The number of fused-ring (bicyclic) bond motifs is 1. The summed E-state index contributed by atoms with van der Waals surface area (Å²) in [5.41, 5.74) is 5.51. The summed E-state index contributed by atoms with van der Waals surface area (Å²) >= 11 is 0. The molecular formula is C25H22N2O2. The molecule has 0 radical (unpaired) electrons. The van der Waals surface area contributed by atoms with E-state index in [2.05, 4.69) is 22.4 Å². The highest BCUT2D eigenvalue weighted by atomic mass is 16.1. The van der Waals surface area contributed by atoms with Gasteiger partial charge in [-0.25, -0.2) is 0 Å². The Morgan fingerprint density at radius 3 is 2.34 bits per heavy atom. The molecule has 0 fully saturated rings.